The first-order valence-electron chi connectivity index (χ1n) is 16.0. The number of hydrogen-bond donors (Lipinski definition) is 0. The van der Waals surface area contributed by atoms with Crippen molar-refractivity contribution < 1.29 is 8.83 Å². The maximum atomic E-state index is 6.26. The zero-order chi connectivity index (χ0) is 31.6. The van der Waals surface area contributed by atoms with Crippen molar-refractivity contribution in [3.05, 3.63) is 158 Å². The van der Waals surface area contributed by atoms with E-state index in [1.54, 1.807) is 0 Å². The number of para-hydroxylation sites is 4. The van der Waals surface area contributed by atoms with Crippen LogP contribution in [0, 0.1) is 0 Å². The Bertz CT molecular complexity index is 2630. The first kappa shape index (κ1) is 26.7. The molecule has 4 heterocycles. The Balaban J connectivity index is 0.964. The highest BCUT2D eigenvalue weighted by atomic mass is 16.3. The Morgan fingerprint density at radius 1 is 0.354 bits per heavy atom. The summed E-state index contributed by atoms with van der Waals surface area (Å²) in [6.07, 6.45) is 3.90. The molecule has 4 nitrogen and oxygen atoms in total. The molecule has 0 N–H and O–H groups in total. The normalized spacial score (nSPS) is 11.8. The highest BCUT2D eigenvalue weighted by molar-refractivity contribution is 6.10. The van der Waals surface area contributed by atoms with E-state index >= 15 is 0 Å². The van der Waals surface area contributed by atoms with Gasteiger partial charge in [0.25, 0.3) is 0 Å². The number of fused-ring (bicyclic) bond motifs is 7. The Morgan fingerprint density at radius 2 is 0.812 bits per heavy atom. The average molecular weight is 615 g/mol. The molecule has 224 valence electrons. The number of aromatic nitrogens is 2. The van der Waals surface area contributed by atoms with Crippen LogP contribution in [0.4, 0.5) is 0 Å². The lowest BCUT2D eigenvalue weighted by Crippen LogP contribution is -1.87. The minimum Gasteiger partial charge on any atom is -0.455 e. The van der Waals surface area contributed by atoms with Crippen molar-refractivity contribution in [3.8, 4) is 44.8 Å². The van der Waals surface area contributed by atoms with Gasteiger partial charge in [-0.25, -0.2) is 0 Å². The van der Waals surface area contributed by atoms with Gasteiger partial charge in [0, 0.05) is 56.2 Å². The molecule has 10 aromatic rings. The van der Waals surface area contributed by atoms with Crippen LogP contribution in [-0.2, 0) is 0 Å². The topological polar surface area (TPSA) is 52.1 Å². The van der Waals surface area contributed by atoms with Crippen LogP contribution in [0.25, 0.3) is 99.4 Å². The SMILES string of the molecule is c1ccc2c(c1)oc1c(-c3ccc(-c4ccc5ccc(-c6ccc(-c7cccc8c7oc7ccccc78)nc6)cc5c4)cn3)cccc12. The Labute approximate surface area is 275 Å². The Hall–Kier alpha value is -6.52. The molecular formula is C44H26N2O2. The third-order valence-corrected chi connectivity index (χ3v) is 9.39. The molecule has 0 spiro atoms. The van der Waals surface area contributed by atoms with Gasteiger partial charge >= 0.3 is 0 Å². The molecule has 0 saturated heterocycles. The lowest BCUT2D eigenvalue weighted by atomic mass is 9.98. The molecule has 0 aliphatic rings. The van der Waals surface area contributed by atoms with Gasteiger partial charge < -0.3 is 8.83 Å². The Morgan fingerprint density at radius 3 is 1.29 bits per heavy atom. The summed E-state index contributed by atoms with van der Waals surface area (Å²) in [4.78, 5) is 9.76. The van der Waals surface area contributed by atoms with E-state index < -0.39 is 0 Å². The van der Waals surface area contributed by atoms with Crippen LogP contribution in [0.15, 0.2) is 167 Å². The van der Waals surface area contributed by atoms with E-state index in [0.717, 1.165) is 94.0 Å². The van der Waals surface area contributed by atoms with Crippen molar-refractivity contribution in [2.75, 3.05) is 0 Å². The predicted molar refractivity (Wildman–Crippen MR) is 196 cm³/mol. The summed E-state index contributed by atoms with van der Waals surface area (Å²) in [5.41, 5.74) is 11.6. The third kappa shape index (κ3) is 4.24. The quantitative estimate of drug-likeness (QED) is 0.198. The fraction of sp³-hybridized carbons (Fsp3) is 0. The number of furan rings is 2. The molecule has 0 unspecified atom stereocenters. The fourth-order valence-electron chi connectivity index (χ4n) is 6.95. The lowest BCUT2D eigenvalue weighted by molar-refractivity contribution is 0.669. The second-order valence-electron chi connectivity index (χ2n) is 12.2. The summed E-state index contributed by atoms with van der Waals surface area (Å²) < 4.78 is 12.5. The van der Waals surface area contributed by atoms with Crippen molar-refractivity contribution in [1.82, 2.24) is 9.97 Å². The molecular weight excluding hydrogens is 588 g/mol. The van der Waals surface area contributed by atoms with Gasteiger partial charge in [-0.2, -0.15) is 0 Å². The van der Waals surface area contributed by atoms with Crippen LogP contribution < -0.4 is 0 Å². The number of nitrogens with zero attached hydrogens (tertiary/aromatic N) is 2. The molecule has 6 aromatic carbocycles. The van der Waals surface area contributed by atoms with Crippen molar-refractivity contribution in [2.24, 2.45) is 0 Å². The minimum absolute atomic E-state index is 0.867. The predicted octanol–water partition coefficient (Wildman–Crippen LogP) is 12.1. The first-order valence-corrected chi connectivity index (χ1v) is 16.0. The molecule has 0 aliphatic heterocycles. The summed E-state index contributed by atoms with van der Waals surface area (Å²) in [6, 6.07) is 50.4. The molecule has 0 radical (unpaired) electrons. The summed E-state index contributed by atoms with van der Waals surface area (Å²) in [6.45, 7) is 0. The highest BCUT2D eigenvalue weighted by Crippen LogP contribution is 2.37. The average Bonchev–Trinajstić information content (AvgIpc) is 3.73. The number of hydrogen-bond acceptors (Lipinski definition) is 4. The van der Waals surface area contributed by atoms with Crippen LogP contribution in [-0.4, -0.2) is 9.97 Å². The van der Waals surface area contributed by atoms with Gasteiger partial charge in [-0.3, -0.25) is 9.97 Å². The smallest absolute Gasteiger partial charge is 0.144 e. The number of benzene rings is 6. The second-order valence-corrected chi connectivity index (χ2v) is 12.2. The van der Waals surface area contributed by atoms with Gasteiger partial charge in [-0.1, -0.05) is 97.1 Å². The third-order valence-electron chi connectivity index (χ3n) is 9.39. The van der Waals surface area contributed by atoms with Gasteiger partial charge in [-0.05, 0) is 70.4 Å². The van der Waals surface area contributed by atoms with Gasteiger partial charge in [0.15, 0.2) is 0 Å². The van der Waals surface area contributed by atoms with Gasteiger partial charge in [-0.15, -0.1) is 0 Å². The van der Waals surface area contributed by atoms with E-state index in [4.69, 9.17) is 18.8 Å². The summed E-state index contributed by atoms with van der Waals surface area (Å²) in [5.74, 6) is 0. The number of pyridine rings is 2. The number of rotatable bonds is 4. The van der Waals surface area contributed by atoms with E-state index in [2.05, 4.69) is 109 Å². The summed E-state index contributed by atoms with van der Waals surface area (Å²) in [7, 11) is 0. The van der Waals surface area contributed by atoms with E-state index in [1.165, 1.54) is 5.39 Å². The van der Waals surface area contributed by atoms with Crippen molar-refractivity contribution >= 4 is 54.6 Å². The zero-order valence-corrected chi connectivity index (χ0v) is 25.7. The van der Waals surface area contributed by atoms with Crippen LogP contribution in [0.2, 0.25) is 0 Å². The van der Waals surface area contributed by atoms with Crippen LogP contribution >= 0.6 is 0 Å². The largest absolute Gasteiger partial charge is 0.455 e. The Kier molecular flexibility index (Phi) is 5.84. The van der Waals surface area contributed by atoms with Gasteiger partial charge in [0.05, 0.1) is 11.4 Å². The van der Waals surface area contributed by atoms with Crippen LogP contribution in [0.1, 0.15) is 0 Å². The maximum absolute atomic E-state index is 6.26. The highest BCUT2D eigenvalue weighted by Gasteiger charge is 2.14. The monoisotopic (exact) mass is 614 g/mol. The van der Waals surface area contributed by atoms with Crippen molar-refractivity contribution in [2.45, 2.75) is 0 Å². The molecule has 0 atom stereocenters. The molecule has 10 rings (SSSR count). The molecule has 0 fully saturated rings. The van der Waals surface area contributed by atoms with E-state index in [0.29, 0.717) is 0 Å². The molecule has 0 bridgehead atoms. The van der Waals surface area contributed by atoms with E-state index in [9.17, 15) is 0 Å². The zero-order valence-electron chi connectivity index (χ0n) is 25.7. The lowest BCUT2D eigenvalue weighted by Gasteiger charge is -2.09. The van der Waals surface area contributed by atoms with Gasteiger partial charge in [0.2, 0.25) is 0 Å². The standard InChI is InChI=1S/C44H26N2O2/c1-3-13-41-33(7-1)35-9-5-11-37(43(35)47-41)39-21-19-30(25-45-39)28-17-15-27-16-18-29(24-32(27)23-28)31-20-22-40(46-26-31)38-12-6-10-36-34-8-2-4-14-42(34)48-44(36)38/h1-26H. The van der Waals surface area contributed by atoms with E-state index in [1.807, 2.05) is 48.8 Å². The van der Waals surface area contributed by atoms with E-state index in [-0.39, 0.29) is 0 Å². The molecule has 4 aromatic heterocycles. The molecule has 48 heavy (non-hydrogen) atoms. The van der Waals surface area contributed by atoms with Crippen molar-refractivity contribution in [3.63, 3.8) is 0 Å². The van der Waals surface area contributed by atoms with Crippen LogP contribution in [0.5, 0.6) is 0 Å². The van der Waals surface area contributed by atoms with Gasteiger partial charge in [0.1, 0.15) is 22.3 Å². The molecule has 4 heteroatoms. The summed E-state index contributed by atoms with van der Waals surface area (Å²) in [5, 5.41) is 6.80. The summed E-state index contributed by atoms with van der Waals surface area (Å²) >= 11 is 0. The fourth-order valence-corrected chi connectivity index (χ4v) is 6.95. The maximum Gasteiger partial charge on any atom is 0.144 e. The first-order chi connectivity index (χ1) is 23.8. The van der Waals surface area contributed by atoms with Crippen molar-refractivity contribution in [1.29, 1.82) is 0 Å². The second kappa shape index (κ2) is 10.5. The molecule has 0 aliphatic carbocycles. The molecule has 0 saturated carbocycles. The van der Waals surface area contributed by atoms with Crippen LogP contribution in [0.3, 0.4) is 0 Å². The minimum atomic E-state index is 0.867. The molecule has 0 amide bonds.